The van der Waals surface area contributed by atoms with Crippen LogP contribution in [0.3, 0.4) is 0 Å². The van der Waals surface area contributed by atoms with Crippen molar-refractivity contribution in [1.29, 1.82) is 0 Å². The van der Waals surface area contributed by atoms with Crippen molar-refractivity contribution in [2.45, 2.75) is 6.92 Å². The van der Waals surface area contributed by atoms with Crippen LogP contribution in [0.2, 0.25) is 0 Å². The Morgan fingerprint density at radius 1 is 1.38 bits per heavy atom. The smallest absolute Gasteiger partial charge is 0.218 e. The first-order chi connectivity index (χ1) is 6.36. The third-order valence-electron chi connectivity index (χ3n) is 1.68. The Labute approximate surface area is 76.6 Å². The number of nitrogens with one attached hydrogen (secondary N) is 1. The van der Waals surface area contributed by atoms with Gasteiger partial charge in [0, 0.05) is 11.6 Å². The molecule has 1 aromatic heterocycles. The third kappa shape index (κ3) is 1.91. The molecule has 0 amide bonds. The van der Waals surface area contributed by atoms with Gasteiger partial charge in [0.15, 0.2) is 0 Å². The predicted octanol–water partition coefficient (Wildman–Crippen LogP) is 0.697. The molecule has 0 bridgehead atoms. The maximum Gasteiger partial charge on any atom is 0.288 e. The molecule has 1 aromatic rings. The summed E-state index contributed by atoms with van der Waals surface area (Å²) in [6, 6.07) is 0. The zero-order valence-corrected chi connectivity index (χ0v) is 7.10. The van der Waals surface area contributed by atoms with Crippen LogP contribution in [0.25, 0.3) is 0 Å². The number of tetrazole rings is 1. The SMILES string of the molecule is C/C(=N\c1nn[nH]n1)[C]1[CH][CH][CH][CH]1. The molecule has 1 N–H and O–H groups in total. The van der Waals surface area contributed by atoms with E-state index in [0.29, 0.717) is 5.95 Å². The molecule has 0 aromatic carbocycles. The van der Waals surface area contributed by atoms with Crippen LogP contribution in [0, 0.1) is 31.6 Å². The molecular weight excluding hydrogens is 166 g/mol. The second-order valence-electron chi connectivity index (χ2n) is 2.58. The van der Waals surface area contributed by atoms with E-state index < -0.39 is 0 Å². The van der Waals surface area contributed by atoms with Crippen LogP contribution in [0.5, 0.6) is 0 Å². The fraction of sp³-hybridized carbons (Fsp3) is 0.125. The number of aromatic nitrogens is 4. The lowest BCUT2D eigenvalue weighted by Gasteiger charge is -2.04. The Balaban J connectivity index is 2.07. The van der Waals surface area contributed by atoms with Gasteiger partial charge < -0.3 is 0 Å². The van der Waals surface area contributed by atoms with E-state index in [-0.39, 0.29) is 0 Å². The van der Waals surface area contributed by atoms with Crippen molar-refractivity contribution in [2.75, 3.05) is 0 Å². The molecule has 0 aliphatic heterocycles. The monoisotopic (exact) mass is 174 g/mol. The first-order valence-corrected chi connectivity index (χ1v) is 3.87. The highest BCUT2D eigenvalue weighted by molar-refractivity contribution is 6.01. The highest BCUT2D eigenvalue weighted by Gasteiger charge is 2.19. The average Bonchev–Trinajstić information content (AvgIpc) is 2.74. The summed E-state index contributed by atoms with van der Waals surface area (Å²) in [6.07, 6.45) is 7.90. The molecule has 1 aliphatic rings. The molecule has 5 heteroatoms. The normalized spacial score (nSPS) is 19.6. The number of aliphatic imine (C=N–C) groups is 1. The van der Waals surface area contributed by atoms with E-state index in [1.54, 1.807) is 0 Å². The highest BCUT2D eigenvalue weighted by atomic mass is 15.5. The molecule has 1 heterocycles. The van der Waals surface area contributed by atoms with Crippen LogP contribution in [0.15, 0.2) is 4.99 Å². The van der Waals surface area contributed by atoms with Crippen LogP contribution in [-0.4, -0.2) is 26.3 Å². The molecule has 5 radical (unpaired) electrons. The standard InChI is InChI=1S/C8H8N5/c1-6(7-4-2-3-5-7)9-8-10-12-13-11-8/h2-5H,1H3,(H,10,11,12,13)/b9-6+. The molecule has 5 nitrogen and oxygen atoms in total. The Bertz CT molecular complexity index is 283. The quantitative estimate of drug-likeness (QED) is 0.671. The van der Waals surface area contributed by atoms with Crippen molar-refractivity contribution in [3.05, 3.63) is 31.6 Å². The fourth-order valence-electron chi connectivity index (χ4n) is 1.03. The summed E-state index contributed by atoms with van der Waals surface area (Å²) in [6.45, 7) is 1.91. The maximum absolute atomic E-state index is 4.16. The summed E-state index contributed by atoms with van der Waals surface area (Å²) in [5.41, 5.74) is 0.881. The summed E-state index contributed by atoms with van der Waals surface area (Å²) in [5, 5.41) is 13.2. The van der Waals surface area contributed by atoms with Gasteiger partial charge in [-0.05, 0) is 37.8 Å². The zero-order valence-electron chi connectivity index (χ0n) is 7.10. The zero-order chi connectivity index (χ0) is 9.10. The van der Waals surface area contributed by atoms with E-state index in [4.69, 9.17) is 0 Å². The summed E-state index contributed by atoms with van der Waals surface area (Å²) in [5.74, 6) is 1.43. The fourth-order valence-corrected chi connectivity index (χ4v) is 1.03. The first kappa shape index (κ1) is 8.34. The van der Waals surface area contributed by atoms with Crippen molar-refractivity contribution in [3.8, 4) is 0 Å². The Kier molecular flexibility index (Phi) is 2.33. The van der Waals surface area contributed by atoms with E-state index >= 15 is 0 Å². The topological polar surface area (TPSA) is 66.8 Å². The Hall–Kier alpha value is -1.26. The van der Waals surface area contributed by atoms with Crippen molar-refractivity contribution < 1.29 is 0 Å². The van der Waals surface area contributed by atoms with Gasteiger partial charge in [0.2, 0.25) is 0 Å². The van der Waals surface area contributed by atoms with Gasteiger partial charge in [-0.15, -0.1) is 5.10 Å². The van der Waals surface area contributed by atoms with E-state index in [0.717, 1.165) is 11.6 Å². The number of nitrogens with zero attached hydrogens (tertiary/aromatic N) is 4. The van der Waals surface area contributed by atoms with Gasteiger partial charge in [-0.25, -0.2) is 4.99 Å². The van der Waals surface area contributed by atoms with Gasteiger partial charge in [0.1, 0.15) is 0 Å². The molecule has 2 rings (SSSR count). The number of hydrogen-bond acceptors (Lipinski definition) is 4. The van der Waals surface area contributed by atoms with Gasteiger partial charge in [0.05, 0.1) is 0 Å². The third-order valence-corrected chi connectivity index (χ3v) is 1.68. The summed E-state index contributed by atoms with van der Waals surface area (Å²) in [4.78, 5) is 4.16. The molecule has 0 saturated heterocycles. The lowest BCUT2D eigenvalue weighted by Crippen LogP contribution is -2.04. The van der Waals surface area contributed by atoms with E-state index in [9.17, 15) is 0 Å². The van der Waals surface area contributed by atoms with Crippen LogP contribution < -0.4 is 0 Å². The van der Waals surface area contributed by atoms with Gasteiger partial charge >= 0.3 is 0 Å². The van der Waals surface area contributed by atoms with Crippen LogP contribution in [-0.2, 0) is 0 Å². The summed E-state index contributed by atoms with van der Waals surface area (Å²) >= 11 is 0. The van der Waals surface area contributed by atoms with Crippen LogP contribution in [0.4, 0.5) is 5.95 Å². The number of rotatable bonds is 2. The van der Waals surface area contributed by atoms with Crippen molar-refractivity contribution >= 4 is 11.7 Å². The predicted molar refractivity (Wildman–Crippen MR) is 47.4 cm³/mol. The minimum absolute atomic E-state index is 0.360. The molecule has 0 atom stereocenters. The Morgan fingerprint density at radius 3 is 2.77 bits per heavy atom. The minimum Gasteiger partial charge on any atom is -0.218 e. The highest BCUT2D eigenvalue weighted by Crippen LogP contribution is 2.25. The number of hydrogen-bond donors (Lipinski definition) is 1. The van der Waals surface area contributed by atoms with E-state index in [1.807, 2.05) is 32.6 Å². The van der Waals surface area contributed by atoms with Gasteiger partial charge in [-0.3, -0.25) is 0 Å². The van der Waals surface area contributed by atoms with E-state index in [1.165, 1.54) is 0 Å². The summed E-state index contributed by atoms with van der Waals surface area (Å²) in [7, 11) is 0. The molecule has 65 valence electrons. The molecule has 0 unspecified atom stereocenters. The number of aromatic amines is 1. The second-order valence-corrected chi connectivity index (χ2v) is 2.58. The lowest BCUT2D eigenvalue weighted by molar-refractivity contribution is 0.881. The molecule has 1 aliphatic carbocycles. The van der Waals surface area contributed by atoms with Gasteiger partial charge in [-0.2, -0.15) is 5.21 Å². The largest absolute Gasteiger partial charge is 0.288 e. The van der Waals surface area contributed by atoms with Crippen molar-refractivity contribution in [1.82, 2.24) is 20.6 Å². The van der Waals surface area contributed by atoms with Gasteiger partial charge in [-0.1, -0.05) is 5.10 Å². The molecular formula is C8H8N5. The Morgan fingerprint density at radius 2 is 2.15 bits per heavy atom. The molecule has 13 heavy (non-hydrogen) atoms. The minimum atomic E-state index is 0.360. The van der Waals surface area contributed by atoms with Crippen molar-refractivity contribution in [2.24, 2.45) is 4.99 Å². The van der Waals surface area contributed by atoms with Gasteiger partial charge in [0.25, 0.3) is 5.95 Å². The molecule has 0 spiro atoms. The van der Waals surface area contributed by atoms with Crippen molar-refractivity contribution in [3.63, 3.8) is 0 Å². The average molecular weight is 174 g/mol. The summed E-state index contributed by atoms with van der Waals surface area (Å²) < 4.78 is 0. The number of H-pyrrole nitrogens is 1. The van der Waals surface area contributed by atoms with Crippen LogP contribution >= 0.6 is 0 Å². The molecule has 1 saturated carbocycles. The lowest BCUT2D eigenvalue weighted by atomic mass is 10.0. The molecule has 1 fully saturated rings. The van der Waals surface area contributed by atoms with Crippen LogP contribution in [0.1, 0.15) is 6.92 Å². The van der Waals surface area contributed by atoms with E-state index in [2.05, 4.69) is 25.6 Å². The first-order valence-electron chi connectivity index (χ1n) is 3.87. The maximum atomic E-state index is 4.16. The second kappa shape index (κ2) is 3.64.